The van der Waals surface area contributed by atoms with Crippen molar-refractivity contribution in [3.8, 4) is 28.5 Å². The number of rotatable bonds is 11. The maximum Gasteiger partial charge on any atom is 0.273 e. The normalized spacial score (nSPS) is 15.0. The maximum absolute atomic E-state index is 13.4. The van der Waals surface area contributed by atoms with E-state index in [1.54, 1.807) is 17.0 Å². The van der Waals surface area contributed by atoms with E-state index in [2.05, 4.69) is 24.0 Å². The van der Waals surface area contributed by atoms with Crippen LogP contribution in [0.4, 0.5) is 0 Å². The fraction of sp³-hybridized carbons (Fsp3) is 0.407. The first-order valence-corrected chi connectivity index (χ1v) is 12.6. The predicted octanol–water partition coefficient (Wildman–Crippen LogP) is 5.19. The molecule has 36 heavy (non-hydrogen) atoms. The van der Waals surface area contributed by atoms with E-state index < -0.39 is 6.04 Å². The van der Waals surface area contributed by atoms with E-state index in [1.807, 2.05) is 25.1 Å². The van der Waals surface area contributed by atoms with Crippen LogP contribution in [0.1, 0.15) is 61.3 Å². The number of H-pyrrole nitrogens is 1. The molecule has 1 atom stereocenters. The minimum Gasteiger partial charge on any atom is -0.507 e. The van der Waals surface area contributed by atoms with Gasteiger partial charge in [0.2, 0.25) is 0 Å². The van der Waals surface area contributed by atoms with E-state index in [1.165, 1.54) is 6.07 Å². The zero-order chi connectivity index (χ0) is 25.8. The summed E-state index contributed by atoms with van der Waals surface area (Å²) in [6.07, 6.45) is 1.34. The first kappa shape index (κ1) is 25.9. The van der Waals surface area contributed by atoms with Gasteiger partial charge in [-0.05, 0) is 61.6 Å². The van der Waals surface area contributed by atoms with Crippen molar-refractivity contribution in [1.82, 2.24) is 15.1 Å². The van der Waals surface area contributed by atoms with Gasteiger partial charge in [0.1, 0.15) is 17.1 Å². The molecule has 1 amide bonds. The van der Waals surface area contributed by atoms with E-state index in [4.69, 9.17) is 21.1 Å². The van der Waals surface area contributed by atoms with Crippen molar-refractivity contribution in [2.75, 3.05) is 26.4 Å². The van der Waals surface area contributed by atoms with Gasteiger partial charge in [-0.25, -0.2) is 0 Å². The van der Waals surface area contributed by atoms with Crippen LogP contribution < -0.4 is 9.47 Å². The summed E-state index contributed by atoms with van der Waals surface area (Å²) in [7, 11) is 0. The van der Waals surface area contributed by atoms with Crippen LogP contribution in [0.5, 0.6) is 17.2 Å². The number of ether oxygens (including phenoxy) is 2. The zero-order valence-electron chi connectivity index (χ0n) is 20.8. The number of aromatic hydroxyl groups is 1. The molecule has 4 rings (SSSR count). The molecule has 8 nitrogen and oxygen atoms in total. The molecule has 1 aliphatic heterocycles. The highest BCUT2D eigenvalue weighted by molar-refractivity contribution is 6.31. The molecule has 0 radical (unpaired) electrons. The van der Waals surface area contributed by atoms with Gasteiger partial charge in [-0.3, -0.25) is 9.89 Å². The third kappa shape index (κ3) is 5.15. The molecule has 0 saturated carbocycles. The summed E-state index contributed by atoms with van der Waals surface area (Å²) >= 11 is 6.21. The van der Waals surface area contributed by atoms with Crippen molar-refractivity contribution in [2.45, 2.75) is 39.7 Å². The molecule has 0 fully saturated rings. The van der Waals surface area contributed by atoms with Gasteiger partial charge in [-0.1, -0.05) is 31.5 Å². The quantitative estimate of drug-likeness (QED) is 0.326. The lowest BCUT2D eigenvalue weighted by Crippen LogP contribution is -2.31. The van der Waals surface area contributed by atoms with Gasteiger partial charge in [-0.2, -0.15) is 5.10 Å². The van der Waals surface area contributed by atoms with Crippen LogP contribution in [0.25, 0.3) is 11.3 Å². The van der Waals surface area contributed by atoms with E-state index in [9.17, 15) is 15.0 Å². The Labute approximate surface area is 215 Å². The van der Waals surface area contributed by atoms with Gasteiger partial charge in [-0.15, -0.1) is 0 Å². The Balaban J connectivity index is 1.80. The molecule has 2 heterocycles. The second kappa shape index (κ2) is 11.2. The number of aromatic amines is 1. The summed E-state index contributed by atoms with van der Waals surface area (Å²) in [5.74, 6) is 1.55. The Bertz CT molecular complexity index is 1230. The van der Waals surface area contributed by atoms with E-state index in [0.717, 1.165) is 12.0 Å². The molecule has 2 aromatic carbocycles. The summed E-state index contributed by atoms with van der Waals surface area (Å²) in [6, 6.07) is 9.89. The molecule has 0 aliphatic carbocycles. The van der Waals surface area contributed by atoms with E-state index >= 15 is 0 Å². The molecule has 0 saturated heterocycles. The lowest BCUT2D eigenvalue weighted by molar-refractivity contribution is 0.0732. The first-order chi connectivity index (χ1) is 17.3. The predicted molar refractivity (Wildman–Crippen MR) is 138 cm³/mol. The number of halogens is 1. The van der Waals surface area contributed by atoms with Crippen LogP contribution in [0, 0.1) is 5.92 Å². The summed E-state index contributed by atoms with van der Waals surface area (Å²) in [5, 5.41) is 27.7. The van der Waals surface area contributed by atoms with E-state index in [-0.39, 0.29) is 18.3 Å². The fourth-order valence-corrected chi connectivity index (χ4v) is 4.58. The lowest BCUT2D eigenvalue weighted by atomic mass is 9.95. The highest BCUT2D eigenvalue weighted by Crippen LogP contribution is 2.46. The highest BCUT2D eigenvalue weighted by Gasteiger charge is 2.42. The van der Waals surface area contributed by atoms with Crippen LogP contribution in [0.2, 0.25) is 5.02 Å². The second-order valence-corrected chi connectivity index (χ2v) is 9.61. The van der Waals surface area contributed by atoms with Gasteiger partial charge in [0.05, 0.1) is 19.3 Å². The number of aliphatic hydroxyl groups excluding tert-OH is 1. The maximum atomic E-state index is 13.4. The number of aromatic nitrogens is 2. The van der Waals surface area contributed by atoms with Gasteiger partial charge in [0.25, 0.3) is 5.91 Å². The summed E-state index contributed by atoms with van der Waals surface area (Å²) < 4.78 is 11.9. The molecule has 1 aromatic heterocycles. The topological polar surface area (TPSA) is 108 Å². The molecule has 3 aromatic rings. The Hall–Kier alpha value is -3.23. The molecule has 192 valence electrons. The number of hydrogen-bond donors (Lipinski definition) is 3. The number of benzene rings is 2. The van der Waals surface area contributed by atoms with Crippen LogP contribution in [0.15, 0.2) is 36.4 Å². The zero-order valence-corrected chi connectivity index (χ0v) is 21.5. The molecule has 9 heteroatoms. The summed E-state index contributed by atoms with van der Waals surface area (Å²) in [5.41, 5.74) is 2.68. The minimum absolute atomic E-state index is 0.0117. The standard InChI is InChI=1S/C27H32ClN3O5/c1-4-35-22-14-17(6-9-21(22)36-13-10-16(2)3)26-23-24(19-15-18(28)7-8-20(19)33)29-30-25(23)27(34)31(26)11-5-12-32/h6-9,14-16,26,32-33H,4-5,10-13H2,1-3H3,(H,29,30). The van der Waals surface area contributed by atoms with Crippen LogP contribution in [0.3, 0.4) is 0 Å². The smallest absolute Gasteiger partial charge is 0.273 e. The van der Waals surface area contributed by atoms with Crippen molar-refractivity contribution in [3.05, 3.63) is 58.2 Å². The molecule has 3 N–H and O–H groups in total. The molecular weight excluding hydrogens is 482 g/mol. The van der Waals surface area contributed by atoms with Gasteiger partial charge >= 0.3 is 0 Å². The first-order valence-electron chi connectivity index (χ1n) is 12.2. The van der Waals surface area contributed by atoms with Crippen molar-refractivity contribution < 1.29 is 24.5 Å². The van der Waals surface area contributed by atoms with Crippen molar-refractivity contribution in [1.29, 1.82) is 0 Å². The number of phenols is 1. The Morgan fingerprint density at radius 3 is 2.69 bits per heavy atom. The molecular formula is C27H32ClN3O5. The van der Waals surface area contributed by atoms with Gasteiger partial charge in [0.15, 0.2) is 11.5 Å². The number of nitrogens with zero attached hydrogens (tertiary/aromatic N) is 2. The third-order valence-electron chi connectivity index (χ3n) is 6.17. The minimum atomic E-state index is -0.505. The number of aliphatic hydroxyl groups is 1. The number of nitrogens with one attached hydrogen (secondary N) is 1. The molecule has 0 bridgehead atoms. The number of hydrogen-bond acceptors (Lipinski definition) is 6. The largest absolute Gasteiger partial charge is 0.507 e. The SMILES string of the molecule is CCOc1cc(C2c3c(-c4cc(Cl)ccc4O)n[nH]c3C(=O)N2CCCO)ccc1OCCC(C)C. The number of phenolic OH excluding ortho intramolecular Hbond substituents is 1. The summed E-state index contributed by atoms with van der Waals surface area (Å²) in [4.78, 5) is 15.1. The number of carbonyl (C=O) groups excluding carboxylic acids is 1. The lowest BCUT2D eigenvalue weighted by Gasteiger charge is -2.27. The molecule has 1 unspecified atom stereocenters. The van der Waals surface area contributed by atoms with Crippen LogP contribution >= 0.6 is 11.6 Å². The number of carbonyl (C=O) groups is 1. The van der Waals surface area contributed by atoms with Crippen molar-refractivity contribution in [2.24, 2.45) is 5.92 Å². The Morgan fingerprint density at radius 1 is 1.17 bits per heavy atom. The fourth-order valence-electron chi connectivity index (χ4n) is 4.41. The summed E-state index contributed by atoms with van der Waals surface area (Å²) in [6.45, 7) is 7.53. The monoisotopic (exact) mass is 513 g/mol. The second-order valence-electron chi connectivity index (χ2n) is 9.17. The van der Waals surface area contributed by atoms with Crippen molar-refractivity contribution >= 4 is 17.5 Å². The average Bonchev–Trinajstić information content (AvgIpc) is 3.39. The van der Waals surface area contributed by atoms with Gasteiger partial charge in [0, 0.05) is 29.3 Å². The third-order valence-corrected chi connectivity index (χ3v) is 6.41. The Kier molecular flexibility index (Phi) is 8.06. The molecule has 0 spiro atoms. The average molecular weight is 514 g/mol. The van der Waals surface area contributed by atoms with Crippen LogP contribution in [-0.2, 0) is 0 Å². The van der Waals surface area contributed by atoms with Crippen LogP contribution in [-0.4, -0.2) is 57.6 Å². The molecule has 1 aliphatic rings. The van der Waals surface area contributed by atoms with E-state index in [0.29, 0.717) is 71.1 Å². The van der Waals surface area contributed by atoms with Crippen molar-refractivity contribution in [3.63, 3.8) is 0 Å². The highest BCUT2D eigenvalue weighted by atomic mass is 35.5. The Morgan fingerprint density at radius 2 is 1.97 bits per heavy atom. The number of amides is 1. The number of fused-ring (bicyclic) bond motifs is 1. The van der Waals surface area contributed by atoms with Gasteiger partial charge < -0.3 is 24.6 Å².